The number of amides is 1. The normalized spacial score (nSPS) is 16.2. The van der Waals surface area contributed by atoms with Crippen LogP contribution in [0.15, 0.2) is 24.5 Å². The number of nitrogens with zero attached hydrogens (tertiary/aromatic N) is 2. The molecule has 1 fully saturated rings. The van der Waals surface area contributed by atoms with Gasteiger partial charge in [0.05, 0.1) is 16.0 Å². The number of benzene rings is 1. The number of halogens is 1. The summed E-state index contributed by atoms with van der Waals surface area (Å²) in [5.74, 6) is 0.355. The number of aryl methyl sites for hydroxylation is 1. The molecule has 170 valence electrons. The highest BCUT2D eigenvalue weighted by Crippen LogP contribution is 2.36. The fourth-order valence-electron chi connectivity index (χ4n) is 3.67. The Morgan fingerprint density at radius 3 is 3.06 bits per heavy atom. The lowest BCUT2D eigenvalue weighted by atomic mass is 10.1. The van der Waals surface area contributed by atoms with Gasteiger partial charge in [-0.3, -0.25) is 4.79 Å². The molecule has 4 N–H and O–H groups in total. The van der Waals surface area contributed by atoms with Crippen LogP contribution in [-0.2, 0) is 0 Å². The van der Waals surface area contributed by atoms with Crippen molar-refractivity contribution in [3.63, 3.8) is 0 Å². The smallest absolute Gasteiger partial charge is 0.261 e. The zero-order valence-electron chi connectivity index (χ0n) is 17.8. The van der Waals surface area contributed by atoms with Gasteiger partial charge >= 0.3 is 0 Å². The number of fused-ring (bicyclic) bond motifs is 1. The van der Waals surface area contributed by atoms with Gasteiger partial charge in [-0.25, -0.2) is 14.4 Å². The van der Waals surface area contributed by atoms with E-state index in [1.807, 2.05) is 6.92 Å². The first kappa shape index (κ1) is 22.4. The summed E-state index contributed by atoms with van der Waals surface area (Å²) in [6.45, 7) is 3.94. The van der Waals surface area contributed by atoms with Crippen molar-refractivity contribution in [1.29, 1.82) is 0 Å². The van der Waals surface area contributed by atoms with Crippen LogP contribution in [0.3, 0.4) is 0 Å². The van der Waals surface area contributed by atoms with Crippen molar-refractivity contribution in [1.82, 2.24) is 20.6 Å². The number of ether oxygens (including phenoxy) is 1. The highest BCUT2D eigenvalue weighted by Gasteiger charge is 2.21. The number of piperidine rings is 1. The lowest BCUT2D eigenvalue weighted by Gasteiger charge is -2.25. The van der Waals surface area contributed by atoms with Gasteiger partial charge in [-0.15, -0.1) is 11.3 Å². The summed E-state index contributed by atoms with van der Waals surface area (Å²) >= 11 is 1.28. The summed E-state index contributed by atoms with van der Waals surface area (Å²) in [7, 11) is 0. The molecule has 10 heteroatoms. The number of anilines is 2. The number of rotatable bonds is 8. The van der Waals surface area contributed by atoms with Gasteiger partial charge in [-0.2, -0.15) is 0 Å². The molecule has 1 atom stereocenters. The van der Waals surface area contributed by atoms with E-state index >= 15 is 0 Å². The molecule has 1 aliphatic heterocycles. The highest BCUT2D eigenvalue weighted by atomic mass is 32.1. The van der Waals surface area contributed by atoms with Gasteiger partial charge in [0.15, 0.2) is 0 Å². The number of aliphatic hydroxyl groups excluding tert-OH is 1. The standard InChI is InChI=1S/C22H26FN5O3S/c1-13-18-20(26-12-27-22(18)32-19(13)21(30)25-8-3-9-29)28-16-6-5-14(23)10-17(16)31-15-4-2-7-24-11-15/h5-6,10,12,15,24,29H,2-4,7-9,11H2,1H3,(H,25,30)(H,26,27,28)/t15-/m0/s1. The fraction of sp³-hybridized carbons (Fsp3) is 0.409. The van der Waals surface area contributed by atoms with Crippen molar-refractivity contribution in [3.05, 3.63) is 40.8 Å². The van der Waals surface area contributed by atoms with E-state index in [1.165, 1.54) is 29.8 Å². The quantitative estimate of drug-likeness (QED) is 0.383. The number of hydrogen-bond donors (Lipinski definition) is 4. The van der Waals surface area contributed by atoms with E-state index in [0.717, 1.165) is 30.3 Å². The third kappa shape index (κ3) is 4.98. The maximum absolute atomic E-state index is 14.0. The summed E-state index contributed by atoms with van der Waals surface area (Å²) in [6, 6.07) is 4.36. The molecule has 0 saturated carbocycles. The van der Waals surface area contributed by atoms with Crippen molar-refractivity contribution in [2.75, 3.05) is 31.6 Å². The predicted octanol–water partition coefficient (Wildman–Crippen LogP) is 3.13. The summed E-state index contributed by atoms with van der Waals surface area (Å²) in [4.78, 5) is 22.5. The Kier molecular flexibility index (Phi) is 7.13. The van der Waals surface area contributed by atoms with Crippen LogP contribution < -0.4 is 20.7 Å². The zero-order chi connectivity index (χ0) is 22.5. The Hall–Kier alpha value is -2.82. The maximum atomic E-state index is 14.0. The first-order valence-corrected chi connectivity index (χ1v) is 11.5. The molecule has 8 nitrogen and oxygen atoms in total. The molecule has 1 aromatic carbocycles. The molecule has 0 spiro atoms. The lowest BCUT2D eigenvalue weighted by molar-refractivity contribution is 0.0954. The molecular weight excluding hydrogens is 433 g/mol. The number of nitrogens with one attached hydrogen (secondary N) is 3. The number of carbonyl (C=O) groups excluding carboxylic acids is 1. The molecule has 0 radical (unpaired) electrons. The fourth-order valence-corrected chi connectivity index (χ4v) is 4.73. The second kappa shape index (κ2) is 10.2. The number of carbonyl (C=O) groups is 1. The topological polar surface area (TPSA) is 108 Å². The Morgan fingerprint density at radius 1 is 1.41 bits per heavy atom. The second-order valence-electron chi connectivity index (χ2n) is 7.64. The van der Waals surface area contributed by atoms with E-state index in [-0.39, 0.29) is 24.4 Å². The van der Waals surface area contributed by atoms with Gasteiger partial charge in [-0.05, 0) is 50.4 Å². The minimum atomic E-state index is -0.379. The van der Waals surface area contributed by atoms with E-state index in [9.17, 15) is 9.18 Å². The van der Waals surface area contributed by atoms with Gasteiger partial charge < -0.3 is 25.8 Å². The minimum Gasteiger partial charge on any atom is -0.487 e. The van der Waals surface area contributed by atoms with Crippen LogP contribution in [0, 0.1) is 12.7 Å². The van der Waals surface area contributed by atoms with Crippen LogP contribution in [-0.4, -0.2) is 53.3 Å². The molecule has 3 heterocycles. The number of hydrogen-bond acceptors (Lipinski definition) is 8. The van der Waals surface area contributed by atoms with E-state index in [0.29, 0.717) is 46.5 Å². The predicted molar refractivity (Wildman–Crippen MR) is 122 cm³/mol. The van der Waals surface area contributed by atoms with E-state index in [1.54, 1.807) is 6.07 Å². The maximum Gasteiger partial charge on any atom is 0.261 e. The molecule has 4 rings (SSSR count). The Balaban J connectivity index is 1.62. The molecular formula is C22H26FN5O3S. The van der Waals surface area contributed by atoms with Crippen LogP contribution in [0.2, 0.25) is 0 Å². The molecule has 32 heavy (non-hydrogen) atoms. The number of thiophene rings is 1. The average molecular weight is 460 g/mol. The third-order valence-electron chi connectivity index (χ3n) is 5.30. The molecule has 0 bridgehead atoms. The Morgan fingerprint density at radius 2 is 2.28 bits per heavy atom. The largest absolute Gasteiger partial charge is 0.487 e. The Bertz CT molecular complexity index is 1100. The van der Waals surface area contributed by atoms with Crippen LogP contribution in [0.1, 0.15) is 34.5 Å². The number of aliphatic hydroxyl groups is 1. The van der Waals surface area contributed by atoms with Gasteiger partial charge in [0.2, 0.25) is 0 Å². The van der Waals surface area contributed by atoms with E-state index in [4.69, 9.17) is 9.84 Å². The van der Waals surface area contributed by atoms with Crippen molar-refractivity contribution >= 4 is 39.0 Å². The highest BCUT2D eigenvalue weighted by molar-refractivity contribution is 7.20. The van der Waals surface area contributed by atoms with Gasteiger partial charge in [0, 0.05) is 25.8 Å². The molecule has 1 amide bonds. The second-order valence-corrected chi connectivity index (χ2v) is 8.64. The molecule has 1 aliphatic rings. The molecule has 2 aromatic heterocycles. The molecule has 0 aliphatic carbocycles. The van der Waals surface area contributed by atoms with Crippen molar-refractivity contribution < 1.29 is 19.0 Å². The van der Waals surface area contributed by atoms with Crippen LogP contribution in [0.25, 0.3) is 10.2 Å². The number of aromatic nitrogens is 2. The minimum absolute atomic E-state index is 0.0181. The van der Waals surface area contributed by atoms with Crippen LogP contribution in [0.5, 0.6) is 5.75 Å². The summed E-state index contributed by atoms with van der Waals surface area (Å²) in [5, 5.41) is 19.0. The summed E-state index contributed by atoms with van der Waals surface area (Å²) in [5.41, 5.74) is 1.35. The molecule has 1 saturated heterocycles. The zero-order valence-corrected chi connectivity index (χ0v) is 18.6. The first-order valence-electron chi connectivity index (χ1n) is 10.6. The van der Waals surface area contributed by atoms with Crippen molar-refractivity contribution in [2.45, 2.75) is 32.3 Å². The lowest BCUT2D eigenvalue weighted by Crippen LogP contribution is -2.37. The first-order chi connectivity index (χ1) is 15.6. The Labute approximate surface area is 189 Å². The van der Waals surface area contributed by atoms with Gasteiger partial charge in [-0.1, -0.05) is 0 Å². The monoisotopic (exact) mass is 459 g/mol. The molecule has 0 unspecified atom stereocenters. The van der Waals surface area contributed by atoms with E-state index in [2.05, 4.69) is 25.9 Å². The molecule has 3 aromatic rings. The SMILES string of the molecule is Cc1c(C(=O)NCCCO)sc2ncnc(Nc3ccc(F)cc3O[C@H]3CCCNC3)c12. The van der Waals surface area contributed by atoms with Crippen molar-refractivity contribution in [3.8, 4) is 5.75 Å². The van der Waals surface area contributed by atoms with Crippen LogP contribution in [0.4, 0.5) is 15.9 Å². The third-order valence-corrected chi connectivity index (χ3v) is 6.49. The van der Waals surface area contributed by atoms with Crippen LogP contribution >= 0.6 is 11.3 Å². The van der Waals surface area contributed by atoms with Gasteiger partial charge in [0.25, 0.3) is 5.91 Å². The van der Waals surface area contributed by atoms with Gasteiger partial charge in [0.1, 0.15) is 34.6 Å². The average Bonchev–Trinajstić information content (AvgIpc) is 3.14. The summed E-state index contributed by atoms with van der Waals surface area (Å²) in [6.07, 6.45) is 3.80. The van der Waals surface area contributed by atoms with Crippen molar-refractivity contribution in [2.24, 2.45) is 0 Å². The summed E-state index contributed by atoms with van der Waals surface area (Å²) < 4.78 is 20.1. The van der Waals surface area contributed by atoms with E-state index < -0.39 is 0 Å².